The third-order valence-corrected chi connectivity index (χ3v) is 6.79. The van der Waals surface area contributed by atoms with Crippen molar-refractivity contribution < 1.29 is 9.59 Å². The maximum Gasteiger partial charge on any atom is 0.243 e. The Morgan fingerprint density at radius 3 is 2.26 bits per heavy atom. The monoisotopic (exact) mass is 510 g/mol. The summed E-state index contributed by atoms with van der Waals surface area (Å²) in [6.45, 7) is 6.34. The fraction of sp³-hybridized carbons (Fsp3) is 0.310. The number of benzene rings is 3. The highest BCUT2D eigenvalue weighted by Crippen LogP contribution is 2.24. The molecule has 0 aliphatic heterocycles. The minimum atomic E-state index is -0.665. The molecule has 2 amide bonds. The van der Waals surface area contributed by atoms with Crippen LogP contribution in [0.4, 0.5) is 0 Å². The Bertz CT molecular complexity index is 1150. The highest BCUT2D eigenvalue weighted by molar-refractivity contribution is 6.42. The molecule has 0 spiro atoms. The van der Waals surface area contributed by atoms with Gasteiger partial charge in [0.25, 0.3) is 0 Å². The van der Waals surface area contributed by atoms with Crippen molar-refractivity contribution in [1.82, 2.24) is 10.2 Å². The zero-order chi connectivity index (χ0) is 25.4. The van der Waals surface area contributed by atoms with E-state index in [0.29, 0.717) is 23.0 Å². The number of carbonyl (C=O) groups is 2. The standard InChI is InChI=1S/C29H32Cl2N2O2/c1-4-21(3)32-29(35)27(17-22-10-6-5-7-11-22)33(19-24-12-8-9-20(2)15-24)28(34)18-23-13-14-25(30)26(31)16-23/h5-16,21,27H,4,17-19H2,1-3H3,(H,32,35)/t21-,27+/m1/s1. The molecule has 4 nitrogen and oxygen atoms in total. The van der Waals surface area contributed by atoms with Gasteiger partial charge in [0.05, 0.1) is 16.5 Å². The van der Waals surface area contributed by atoms with E-state index in [9.17, 15) is 9.59 Å². The number of amides is 2. The number of nitrogens with zero attached hydrogens (tertiary/aromatic N) is 1. The molecule has 35 heavy (non-hydrogen) atoms. The maximum atomic E-state index is 13.8. The van der Waals surface area contributed by atoms with Gasteiger partial charge in [-0.25, -0.2) is 0 Å². The normalized spacial score (nSPS) is 12.6. The largest absolute Gasteiger partial charge is 0.352 e. The van der Waals surface area contributed by atoms with Crippen LogP contribution in [0.2, 0.25) is 10.0 Å². The number of rotatable bonds is 10. The molecule has 0 aromatic heterocycles. The number of hydrogen-bond donors (Lipinski definition) is 1. The number of aryl methyl sites for hydroxylation is 1. The third kappa shape index (κ3) is 7.84. The van der Waals surface area contributed by atoms with Crippen molar-refractivity contribution in [3.05, 3.63) is 105 Å². The lowest BCUT2D eigenvalue weighted by Gasteiger charge is -2.32. The Morgan fingerprint density at radius 1 is 0.886 bits per heavy atom. The number of hydrogen-bond acceptors (Lipinski definition) is 2. The van der Waals surface area contributed by atoms with Crippen LogP contribution in [-0.2, 0) is 29.0 Å². The molecule has 0 radical (unpaired) electrons. The predicted molar refractivity (Wildman–Crippen MR) is 144 cm³/mol. The zero-order valence-corrected chi connectivity index (χ0v) is 21.9. The fourth-order valence-corrected chi connectivity index (χ4v) is 4.25. The van der Waals surface area contributed by atoms with Crippen LogP contribution >= 0.6 is 23.2 Å². The molecule has 0 bridgehead atoms. The van der Waals surface area contributed by atoms with Crippen LogP contribution in [0, 0.1) is 6.92 Å². The molecule has 0 saturated carbocycles. The average Bonchev–Trinajstić information content (AvgIpc) is 2.84. The summed E-state index contributed by atoms with van der Waals surface area (Å²) in [5.41, 5.74) is 3.82. The first-order chi connectivity index (χ1) is 16.8. The second-order valence-electron chi connectivity index (χ2n) is 8.96. The van der Waals surface area contributed by atoms with Gasteiger partial charge in [-0.1, -0.05) is 96.4 Å². The van der Waals surface area contributed by atoms with Crippen molar-refractivity contribution in [3.8, 4) is 0 Å². The molecule has 6 heteroatoms. The quantitative estimate of drug-likeness (QED) is 0.343. The molecule has 0 aliphatic carbocycles. The number of nitrogens with one attached hydrogen (secondary N) is 1. The van der Waals surface area contributed by atoms with Gasteiger partial charge in [0.15, 0.2) is 0 Å². The average molecular weight is 511 g/mol. The Hall–Kier alpha value is -2.82. The summed E-state index contributed by atoms with van der Waals surface area (Å²) in [5.74, 6) is -0.302. The van der Waals surface area contributed by atoms with E-state index in [1.54, 1.807) is 23.1 Å². The molecule has 0 aliphatic rings. The first kappa shape index (κ1) is 26.8. The van der Waals surface area contributed by atoms with Gasteiger partial charge in [-0.05, 0) is 49.1 Å². The predicted octanol–water partition coefficient (Wildman–Crippen LogP) is 6.40. The van der Waals surface area contributed by atoms with Crippen molar-refractivity contribution in [3.63, 3.8) is 0 Å². The number of halogens is 2. The summed E-state index contributed by atoms with van der Waals surface area (Å²) in [6, 6.07) is 22.4. The maximum absolute atomic E-state index is 13.8. The van der Waals surface area contributed by atoms with Gasteiger partial charge in [-0.2, -0.15) is 0 Å². The van der Waals surface area contributed by atoms with Crippen LogP contribution in [-0.4, -0.2) is 28.8 Å². The van der Waals surface area contributed by atoms with Gasteiger partial charge in [0.2, 0.25) is 11.8 Å². The van der Waals surface area contributed by atoms with Crippen molar-refractivity contribution >= 4 is 35.0 Å². The highest BCUT2D eigenvalue weighted by Gasteiger charge is 2.31. The zero-order valence-electron chi connectivity index (χ0n) is 20.4. The summed E-state index contributed by atoms with van der Waals surface area (Å²) in [4.78, 5) is 29.0. The molecule has 3 rings (SSSR count). The molecule has 2 atom stereocenters. The Kier molecular flexibility index (Phi) is 9.76. The lowest BCUT2D eigenvalue weighted by Crippen LogP contribution is -2.52. The molecule has 0 heterocycles. The van der Waals surface area contributed by atoms with E-state index in [0.717, 1.165) is 28.7 Å². The van der Waals surface area contributed by atoms with E-state index in [1.807, 2.05) is 75.4 Å². The minimum absolute atomic E-state index is 0.00627. The van der Waals surface area contributed by atoms with Crippen molar-refractivity contribution in [1.29, 1.82) is 0 Å². The van der Waals surface area contributed by atoms with E-state index < -0.39 is 6.04 Å². The Balaban J connectivity index is 1.98. The summed E-state index contributed by atoms with van der Waals surface area (Å²) in [7, 11) is 0. The van der Waals surface area contributed by atoms with Crippen molar-refractivity contribution in [2.45, 2.75) is 58.7 Å². The lowest BCUT2D eigenvalue weighted by atomic mass is 10.0. The molecule has 0 unspecified atom stereocenters. The van der Waals surface area contributed by atoms with Gasteiger partial charge in [0, 0.05) is 19.0 Å². The third-order valence-electron chi connectivity index (χ3n) is 6.05. The van der Waals surface area contributed by atoms with E-state index >= 15 is 0 Å². The van der Waals surface area contributed by atoms with E-state index in [4.69, 9.17) is 23.2 Å². The molecule has 0 saturated heterocycles. The highest BCUT2D eigenvalue weighted by atomic mass is 35.5. The van der Waals surface area contributed by atoms with E-state index in [1.165, 1.54) is 0 Å². The smallest absolute Gasteiger partial charge is 0.243 e. The van der Waals surface area contributed by atoms with Crippen molar-refractivity contribution in [2.24, 2.45) is 0 Å². The van der Waals surface area contributed by atoms with Gasteiger partial charge < -0.3 is 10.2 Å². The van der Waals surface area contributed by atoms with Gasteiger partial charge in [0.1, 0.15) is 6.04 Å². The van der Waals surface area contributed by atoms with Crippen molar-refractivity contribution in [2.75, 3.05) is 0 Å². The van der Waals surface area contributed by atoms with Crippen LogP contribution in [0.15, 0.2) is 72.8 Å². The van der Waals surface area contributed by atoms with E-state index in [2.05, 4.69) is 5.32 Å². The van der Waals surface area contributed by atoms with Crippen LogP contribution in [0.3, 0.4) is 0 Å². The molecule has 3 aromatic rings. The second kappa shape index (κ2) is 12.8. The topological polar surface area (TPSA) is 49.4 Å². The second-order valence-corrected chi connectivity index (χ2v) is 9.77. The molecule has 184 valence electrons. The Labute approximate surface area is 218 Å². The molecular weight excluding hydrogens is 479 g/mol. The van der Waals surface area contributed by atoms with Crippen LogP contribution in [0.5, 0.6) is 0 Å². The summed E-state index contributed by atoms with van der Waals surface area (Å²) >= 11 is 12.3. The van der Waals surface area contributed by atoms with Gasteiger partial charge >= 0.3 is 0 Å². The van der Waals surface area contributed by atoms with Crippen LogP contribution in [0.25, 0.3) is 0 Å². The lowest BCUT2D eigenvalue weighted by molar-refractivity contribution is -0.141. The summed E-state index contributed by atoms with van der Waals surface area (Å²) in [5, 5.41) is 3.93. The fourth-order valence-electron chi connectivity index (χ4n) is 3.93. The summed E-state index contributed by atoms with van der Waals surface area (Å²) < 4.78 is 0. The molecule has 0 fully saturated rings. The molecule has 1 N–H and O–H groups in total. The van der Waals surface area contributed by atoms with E-state index in [-0.39, 0.29) is 24.3 Å². The Morgan fingerprint density at radius 2 is 1.60 bits per heavy atom. The molecule has 3 aromatic carbocycles. The summed E-state index contributed by atoms with van der Waals surface area (Å²) in [6.07, 6.45) is 1.34. The number of carbonyl (C=O) groups excluding carboxylic acids is 2. The van der Waals surface area contributed by atoms with Crippen LogP contribution < -0.4 is 5.32 Å². The van der Waals surface area contributed by atoms with Crippen LogP contribution in [0.1, 0.15) is 42.5 Å². The minimum Gasteiger partial charge on any atom is -0.352 e. The van der Waals surface area contributed by atoms with Gasteiger partial charge in [-0.15, -0.1) is 0 Å². The molecular formula is C29H32Cl2N2O2. The first-order valence-corrected chi connectivity index (χ1v) is 12.7. The van der Waals surface area contributed by atoms with Gasteiger partial charge in [-0.3, -0.25) is 9.59 Å². The first-order valence-electron chi connectivity index (χ1n) is 11.9. The SMILES string of the molecule is CC[C@@H](C)NC(=O)[C@H](Cc1ccccc1)N(Cc1cccc(C)c1)C(=O)Cc1ccc(Cl)c(Cl)c1.